The Kier molecular flexibility index (Phi) is 8.78. The van der Waals surface area contributed by atoms with Gasteiger partial charge in [-0.15, -0.1) is 0 Å². The van der Waals surface area contributed by atoms with Crippen LogP contribution in [0.2, 0.25) is 0 Å². The Balaban J connectivity index is 1.52. The van der Waals surface area contributed by atoms with Gasteiger partial charge in [-0.3, -0.25) is 4.79 Å². The highest BCUT2D eigenvalue weighted by molar-refractivity contribution is 6.36. The van der Waals surface area contributed by atoms with Crippen LogP contribution in [0.4, 0.5) is 8.63 Å². The molecular formula is C35H27BF2O4. The Morgan fingerprint density at radius 1 is 0.643 bits per heavy atom. The van der Waals surface area contributed by atoms with E-state index in [4.69, 9.17) is 14.1 Å². The maximum absolute atomic E-state index is 13.6. The number of allylic oxidation sites excluding steroid dienone is 3. The molecule has 0 heterocycles. The van der Waals surface area contributed by atoms with Crippen LogP contribution in [0.1, 0.15) is 16.7 Å². The average Bonchev–Trinajstić information content (AvgIpc) is 3.02. The zero-order chi connectivity index (χ0) is 29.5. The third-order valence-electron chi connectivity index (χ3n) is 6.77. The second-order valence-electron chi connectivity index (χ2n) is 9.46. The zero-order valence-corrected chi connectivity index (χ0v) is 23.1. The molecule has 0 aliphatic carbocycles. The molecule has 0 fully saturated rings. The number of hydrogen-bond acceptors (Lipinski definition) is 4. The predicted molar refractivity (Wildman–Crippen MR) is 166 cm³/mol. The molecule has 0 bridgehead atoms. The van der Waals surface area contributed by atoms with E-state index in [0.29, 0.717) is 5.56 Å². The molecule has 0 saturated heterocycles. The van der Waals surface area contributed by atoms with E-state index in [0.717, 1.165) is 44.2 Å². The van der Waals surface area contributed by atoms with Gasteiger partial charge in [-0.2, -0.15) is 0 Å². The van der Waals surface area contributed by atoms with Crippen molar-refractivity contribution in [2.75, 3.05) is 14.2 Å². The van der Waals surface area contributed by atoms with Gasteiger partial charge in [-0.05, 0) is 86.8 Å². The average molecular weight is 560 g/mol. The maximum Gasteiger partial charge on any atom is 0.796 e. The van der Waals surface area contributed by atoms with Crippen LogP contribution in [0.3, 0.4) is 0 Å². The first-order chi connectivity index (χ1) is 20.4. The summed E-state index contributed by atoms with van der Waals surface area (Å²) in [5, 5.41) is 3.90. The predicted octanol–water partition coefficient (Wildman–Crippen LogP) is 8.66. The third-order valence-corrected chi connectivity index (χ3v) is 6.77. The lowest BCUT2D eigenvalue weighted by atomic mass is 9.98. The van der Waals surface area contributed by atoms with E-state index < -0.39 is 13.3 Å². The van der Waals surface area contributed by atoms with E-state index in [9.17, 15) is 13.4 Å². The number of methoxy groups -OCH3 is 2. The number of ketones is 1. The SMILES string of the molecule is COc1ccc2cc(/C=C/C(=O)/C(=C(/C=C/c3ccc4cc(OC)ccc4c3)OB(F)F)c3ccccc3)ccc2c1. The van der Waals surface area contributed by atoms with E-state index in [1.165, 1.54) is 12.2 Å². The highest BCUT2D eigenvalue weighted by atomic mass is 19.2. The fourth-order valence-corrected chi connectivity index (χ4v) is 4.66. The number of fused-ring (bicyclic) bond motifs is 2. The summed E-state index contributed by atoms with van der Waals surface area (Å²) in [6.45, 7) is 0. The number of ether oxygens (including phenoxy) is 2. The van der Waals surface area contributed by atoms with Crippen LogP contribution in [0.5, 0.6) is 11.5 Å². The van der Waals surface area contributed by atoms with Crippen molar-refractivity contribution in [2.24, 2.45) is 0 Å². The Labute approximate surface area is 243 Å². The fraction of sp³-hybridized carbons (Fsp3) is 0.0571. The Morgan fingerprint density at radius 2 is 1.14 bits per heavy atom. The van der Waals surface area contributed by atoms with E-state index in [1.54, 1.807) is 56.7 Å². The number of hydrogen-bond donors (Lipinski definition) is 0. The molecular weight excluding hydrogens is 533 g/mol. The molecule has 0 saturated carbocycles. The maximum atomic E-state index is 13.6. The molecule has 0 aliphatic rings. The molecule has 42 heavy (non-hydrogen) atoms. The van der Waals surface area contributed by atoms with Gasteiger partial charge in [0.15, 0.2) is 5.78 Å². The van der Waals surface area contributed by atoms with Crippen LogP contribution < -0.4 is 9.47 Å². The summed E-state index contributed by atoms with van der Waals surface area (Å²) in [5.41, 5.74) is 2.03. The molecule has 0 atom stereocenters. The minimum atomic E-state index is -3.12. The second kappa shape index (κ2) is 13.0. The van der Waals surface area contributed by atoms with Crippen LogP contribution in [0.25, 0.3) is 39.3 Å². The molecule has 5 aromatic rings. The van der Waals surface area contributed by atoms with E-state index in [-0.39, 0.29) is 11.3 Å². The van der Waals surface area contributed by atoms with Gasteiger partial charge in [-0.25, -0.2) is 8.63 Å². The summed E-state index contributed by atoms with van der Waals surface area (Å²) in [5.74, 6) is 0.791. The van der Waals surface area contributed by atoms with Gasteiger partial charge in [0.1, 0.15) is 17.3 Å². The van der Waals surface area contributed by atoms with Crippen molar-refractivity contribution < 1.29 is 27.6 Å². The van der Waals surface area contributed by atoms with Crippen molar-refractivity contribution in [2.45, 2.75) is 0 Å². The van der Waals surface area contributed by atoms with Gasteiger partial charge >= 0.3 is 7.47 Å². The number of carbonyl (C=O) groups is 1. The molecule has 0 unspecified atom stereocenters. The van der Waals surface area contributed by atoms with Crippen LogP contribution in [0, 0.1) is 0 Å². The van der Waals surface area contributed by atoms with Crippen molar-refractivity contribution >= 4 is 52.5 Å². The van der Waals surface area contributed by atoms with Crippen LogP contribution >= 0.6 is 0 Å². The van der Waals surface area contributed by atoms with Gasteiger partial charge < -0.3 is 14.1 Å². The van der Waals surface area contributed by atoms with Crippen LogP contribution in [0.15, 0.2) is 121 Å². The quantitative estimate of drug-likeness (QED) is 0.0742. The minimum Gasteiger partial charge on any atom is -0.505 e. The first-order valence-electron chi connectivity index (χ1n) is 13.2. The summed E-state index contributed by atoms with van der Waals surface area (Å²) >= 11 is 0. The highest BCUT2D eigenvalue weighted by Crippen LogP contribution is 2.27. The summed E-state index contributed by atoms with van der Waals surface area (Å²) in [6, 6.07) is 31.5. The number of benzene rings is 5. The third kappa shape index (κ3) is 6.76. The van der Waals surface area contributed by atoms with Gasteiger partial charge in [0.25, 0.3) is 0 Å². The first-order valence-corrected chi connectivity index (χ1v) is 13.2. The summed E-state index contributed by atoms with van der Waals surface area (Å²) in [6.07, 6.45) is 6.10. The topological polar surface area (TPSA) is 44.8 Å². The molecule has 0 aliphatic heterocycles. The first kappa shape index (κ1) is 28.4. The van der Waals surface area contributed by atoms with Crippen LogP contribution in [-0.4, -0.2) is 27.5 Å². The lowest BCUT2D eigenvalue weighted by molar-refractivity contribution is -0.109. The number of rotatable bonds is 10. The molecule has 0 amide bonds. The molecule has 5 rings (SSSR count). The zero-order valence-electron chi connectivity index (χ0n) is 23.1. The van der Waals surface area contributed by atoms with Gasteiger partial charge in [0.05, 0.1) is 19.8 Å². The molecule has 0 aromatic heterocycles. The van der Waals surface area contributed by atoms with Gasteiger partial charge in [-0.1, -0.05) is 78.9 Å². The van der Waals surface area contributed by atoms with Gasteiger partial charge in [0.2, 0.25) is 0 Å². The normalized spacial score (nSPS) is 12.1. The largest absolute Gasteiger partial charge is 0.796 e. The van der Waals surface area contributed by atoms with Crippen molar-refractivity contribution in [3.63, 3.8) is 0 Å². The van der Waals surface area contributed by atoms with E-state index in [1.807, 2.05) is 72.8 Å². The molecule has 5 aromatic carbocycles. The summed E-state index contributed by atoms with van der Waals surface area (Å²) in [7, 11) is 0.0966. The van der Waals surface area contributed by atoms with Crippen molar-refractivity contribution in [1.29, 1.82) is 0 Å². The molecule has 0 spiro atoms. The highest BCUT2D eigenvalue weighted by Gasteiger charge is 2.23. The monoisotopic (exact) mass is 560 g/mol. The van der Waals surface area contributed by atoms with Crippen molar-refractivity contribution in [3.8, 4) is 11.5 Å². The molecule has 0 N–H and O–H groups in total. The van der Waals surface area contributed by atoms with Crippen molar-refractivity contribution in [3.05, 3.63) is 138 Å². The number of carbonyl (C=O) groups excluding carboxylic acids is 1. The molecule has 7 heteroatoms. The molecule has 208 valence electrons. The smallest absolute Gasteiger partial charge is 0.505 e. The van der Waals surface area contributed by atoms with Crippen molar-refractivity contribution in [1.82, 2.24) is 0 Å². The lowest BCUT2D eigenvalue weighted by Crippen LogP contribution is -2.09. The second-order valence-corrected chi connectivity index (χ2v) is 9.46. The fourth-order valence-electron chi connectivity index (χ4n) is 4.66. The minimum absolute atomic E-state index is 0.0273. The Bertz CT molecular complexity index is 1830. The lowest BCUT2D eigenvalue weighted by Gasteiger charge is -2.12. The number of halogens is 2. The Morgan fingerprint density at radius 3 is 1.67 bits per heavy atom. The van der Waals surface area contributed by atoms with E-state index in [2.05, 4.69) is 0 Å². The summed E-state index contributed by atoms with van der Waals surface area (Å²) in [4.78, 5) is 13.6. The molecule has 4 nitrogen and oxygen atoms in total. The van der Waals surface area contributed by atoms with E-state index >= 15 is 0 Å². The standard InChI is InChI=1S/C35H27BF2O4/c1-40-31-16-14-27-20-24(8-12-29(27)22-31)10-18-33(39)35(26-6-4-3-5-7-26)34(42-36(37)38)19-11-25-9-13-30-23-32(41-2)17-15-28(30)21-25/h3-23H,1-2H3/b18-10+,19-11+,35-34-. The van der Waals surface area contributed by atoms with Gasteiger partial charge in [0, 0.05) is 0 Å². The molecule has 0 radical (unpaired) electrons. The Hall–Kier alpha value is -5.17. The van der Waals surface area contributed by atoms with Crippen LogP contribution in [-0.2, 0) is 9.45 Å². The summed E-state index contributed by atoms with van der Waals surface area (Å²) < 4.78 is 42.8.